The first-order valence-corrected chi connectivity index (χ1v) is 6.87. The Balaban J connectivity index is 2.35. The molecule has 2 aromatic heterocycles. The molecule has 0 bridgehead atoms. The topological polar surface area (TPSA) is 61.6 Å². The summed E-state index contributed by atoms with van der Waals surface area (Å²) in [5, 5.41) is 1.86. The number of oxazole rings is 1. The molecular weight excluding hydrogens is 266 g/mol. The van der Waals surface area contributed by atoms with Crippen molar-refractivity contribution in [3.63, 3.8) is 0 Å². The van der Waals surface area contributed by atoms with E-state index in [1.165, 1.54) is 11.3 Å². The minimum atomic E-state index is -0.471. The molecule has 0 saturated heterocycles. The smallest absolute Gasteiger partial charge is 0.376 e. The van der Waals surface area contributed by atoms with Crippen molar-refractivity contribution in [2.24, 2.45) is 0 Å². The van der Waals surface area contributed by atoms with Crippen LogP contribution in [0.25, 0.3) is 10.8 Å². The van der Waals surface area contributed by atoms with Gasteiger partial charge in [0.05, 0.1) is 24.3 Å². The zero-order chi connectivity index (χ0) is 13.8. The first-order valence-electron chi connectivity index (χ1n) is 5.99. The molecule has 0 N–H and O–H groups in total. The zero-order valence-electron chi connectivity index (χ0n) is 11.1. The summed E-state index contributed by atoms with van der Waals surface area (Å²) in [5.74, 6) is 0.885. The molecule has 0 spiro atoms. The summed E-state index contributed by atoms with van der Waals surface area (Å²) < 4.78 is 15.6. The van der Waals surface area contributed by atoms with Crippen LogP contribution in [0.4, 0.5) is 0 Å². The molecule has 0 aromatic carbocycles. The molecule has 0 atom stereocenters. The van der Waals surface area contributed by atoms with Gasteiger partial charge in [-0.25, -0.2) is 9.78 Å². The number of aromatic nitrogens is 1. The summed E-state index contributed by atoms with van der Waals surface area (Å²) >= 11 is 1.45. The molecule has 5 nitrogen and oxygen atoms in total. The van der Waals surface area contributed by atoms with Gasteiger partial charge in [0.25, 0.3) is 0 Å². The van der Waals surface area contributed by atoms with Crippen LogP contribution < -0.4 is 4.74 Å². The lowest BCUT2D eigenvalue weighted by atomic mass is 10.3. The van der Waals surface area contributed by atoms with Crippen molar-refractivity contribution in [1.29, 1.82) is 0 Å². The SMILES string of the molecule is CCOC(=O)c1oc(-c2cc(OC)cs2)nc1CC. The highest BCUT2D eigenvalue weighted by Gasteiger charge is 2.21. The summed E-state index contributed by atoms with van der Waals surface area (Å²) in [6.07, 6.45) is 0.611. The third-order valence-electron chi connectivity index (χ3n) is 2.51. The van der Waals surface area contributed by atoms with E-state index in [4.69, 9.17) is 13.9 Å². The Morgan fingerprint density at radius 1 is 1.47 bits per heavy atom. The first-order chi connectivity index (χ1) is 9.19. The molecule has 0 aliphatic rings. The molecule has 0 saturated carbocycles. The van der Waals surface area contributed by atoms with E-state index in [-0.39, 0.29) is 5.76 Å². The first kappa shape index (κ1) is 13.6. The molecule has 19 heavy (non-hydrogen) atoms. The van der Waals surface area contributed by atoms with Gasteiger partial charge < -0.3 is 13.9 Å². The van der Waals surface area contributed by atoms with E-state index in [0.29, 0.717) is 24.6 Å². The fourth-order valence-electron chi connectivity index (χ4n) is 1.59. The average molecular weight is 281 g/mol. The Labute approximate surface area is 115 Å². The van der Waals surface area contributed by atoms with E-state index in [0.717, 1.165) is 10.6 Å². The zero-order valence-corrected chi connectivity index (χ0v) is 11.9. The Hall–Kier alpha value is -1.82. The van der Waals surface area contributed by atoms with Crippen molar-refractivity contribution in [3.8, 4) is 16.5 Å². The maximum Gasteiger partial charge on any atom is 0.376 e. The van der Waals surface area contributed by atoms with Gasteiger partial charge in [-0.15, -0.1) is 11.3 Å². The summed E-state index contributed by atoms with van der Waals surface area (Å²) in [7, 11) is 1.60. The minimum Gasteiger partial charge on any atom is -0.496 e. The Kier molecular flexibility index (Phi) is 4.21. The average Bonchev–Trinajstić information content (AvgIpc) is 3.05. The van der Waals surface area contributed by atoms with Crippen molar-refractivity contribution in [3.05, 3.63) is 22.9 Å². The molecule has 0 unspecified atom stereocenters. The van der Waals surface area contributed by atoms with E-state index in [1.807, 2.05) is 18.4 Å². The predicted molar refractivity (Wildman–Crippen MR) is 71.7 cm³/mol. The summed E-state index contributed by atoms with van der Waals surface area (Å²) in [5.41, 5.74) is 0.612. The largest absolute Gasteiger partial charge is 0.496 e. The fourth-order valence-corrected chi connectivity index (χ4v) is 2.37. The summed E-state index contributed by atoms with van der Waals surface area (Å²) in [4.78, 5) is 16.9. The summed E-state index contributed by atoms with van der Waals surface area (Å²) in [6.45, 7) is 3.98. The van der Waals surface area contributed by atoms with E-state index in [9.17, 15) is 4.79 Å². The summed E-state index contributed by atoms with van der Waals surface area (Å²) in [6, 6.07) is 1.82. The van der Waals surface area contributed by atoms with Gasteiger partial charge in [-0.2, -0.15) is 0 Å². The Morgan fingerprint density at radius 2 is 2.26 bits per heavy atom. The molecule has 102 valence electrons. The highest BCUT2D eigenvalue weighted by Crippen LogP contribution is 2.31. The van der Waals surface area contributed by atoms with Gasteiger partial charge in [0.15, 0.2) is 0 Å². The number of nitrogens with zero attached hydrogens (tertiary/aromatic N) is 1. The van der Waals surface area contributed by atoms with Crippen LogP contribution in [0.3, 0.4) is 0 Å². The van der Waals surface area contributed by atoms with Crippen LogP contribution in [-0.4, -0.2) is 24.7 Å². The molecule has 0 radical (unpaired) electrons. The minimum absolute atomic E-state index is 0.187. The molecule has 0 aliphatic heterocycles. The second-order valence-electron chi connectivity index (χ2n) is 3.72. The van der Waals surface area contributed by atoms with Crippen molar-refractivity contribution in [2.45, 2.75) is 20.3 Å². The van der Waals surface area contributed by atoms with Crippen LogP contribution in [0.15, 0.2) is 15.9 Å². The molecule has 0 fully saturated rings. The molecule has 0 aliphatic carbocycles. The number of thiophene rings is 1. The number of ether oxygens (including phenoxy) is 2. The number of hydrogen-bond acceptors (Lipinski definition) is 6. The number of esters is 1. The van der Waals surface area contributed by atoms with E-state index in [2.05, 4.69) is 4.98 Å². The molecule has 2 heterocycles. The predicted octanol–water partition coefficient (Wildman–Crippen LogP) is 3.15. The van der Waals surface area contributed by atoms with Gasteiger partial charge in [-0.05, 0) is 13.3 Å². The highest BCUT2D eigenvalue weighted by atomic mass is 32.1. The third kappa shape index (κ3) is 2.78. The van der Waals surface area contributed by atoms with Crippen LogP contribution in [0.1, 0.15) is 30.1 Å². The maximum absolute atomic E-state index is 11.8. The standard InChI is InChI=1S/C13H15NO4S/c1-4-9-11(13(15)17-5-2)18-12(14-9)10-6-8(16-3)7-19-10/h6-7H,4-5H2,1-3H3. The van der Waals surface area contributed by atoms with Gasteiger partial charge in [0.1, 0.15) is 5.75 Å². The quantitative estimate of drug-likeness (QED) is 0.788. The van der Waals surface area contributed by atoms with Crippen LogP contribution in [-0.2, 0) is 11.2 Å². The van der Waals surface area contributed by atoms with Crippen LogP contribution >= 0.6 is 11.3 Å². The Bertz CT molecular complexity index is 573. The monoisotopic (exact) mass is 281 g/mol. The van der Waals surface area contributed by atoms with Crippen LogP contribution in [0.2, 0.25) is 0 Å². The Morgan fingerprint density at radius 3 is 2.84 bits per heavy atom. The van der Waals surface area contributed by atoms with Gasteiger partial charge in [0.2, 0.25) is 11.7 Å². The van der Waals surface area contributed by atoms with Gasteiger partial charge in [-0.1, -0.05) is 6.92 Å². The maximum atomic E-state index is 11.8. The number of carbonyl (C=O) groups excluding carboxylic acids is 1. The molecule has 0 amide bonds. The van der Waals surface area contributed by atoms with E-state index < -0.39 is 5.97 Å². The normalized spacial score (nSPS) is 10.5. The number of carbonyl (C=O) groups is 1. The van der Waals surface area contributed by atoms with Crippen molar-refractivity contribution in [2.75, 3.05) is 13.7 Å². The number of rotatable bonds is 5. The third-order valence-corrected chi connectivity index (χ3v) is 3.41. The van der Waals surface area contributed by atoms with Gasteiger partial charge >= 0.3 is 5.97 Å². The van der Waals surface area contributed by atoms with Crippen LogP contribution in [0, 0.1) is 0 Å². The molecule has 2 aromatic rings. The number of hydrogen-bond donors (Lipinski definition) is 0. The van der Waals surface area contributed by atoms with Crippen molar-refractivity contribution < 1.29 is 18.7 Å². The van der Waals surface area contributed by atoms with Crippen molar-refractivity contribution >= 4 is 17.3 Å². The van der Waals surface area contributed by atoms with E-state index in [1.54, 1.807) is 14.0 Å². The van der Waals surface area contributed by atoms with E-state index >= 15 is 0 Å². The lowest BCUT2D eigenvalue weighted by Crippen LogP contribution is -2.05. The van der Waals surface area contributed by atoms with Gasteiger partial charge in [-0.3, -0.25) is 0 Å². The number of aryl methyl sites for hydroxylation is 1. The lowest BCUT2D eigenvalue weighted by Gasteiger charge is -1.98. The fraction of sp³-hybridized carbons (Fsp3) is 0.385. The van der Waals surface area contributed by atoms with Crippen molar-refractivity contribution in [1.82, 2.24) is 4.98 Å². The molecule has 6 heteroatoms. The van der Waals surface area contributed by atoms with Crippen LogP contribution in [0.5, 0.6) is 5.75 Å². The second-order valence-corrected chi connectivity index (χ2v) is 4.63. The molecular formula is C13H15NO4S. The number of methoxy groups -OCH3 is 1. The lowest BCUT2D eigenvalue weighted by molar-refractivity contribution is 0.0489. The second kappa shape index (κ2) is 5.88. The highest BCUT2D eigenvalue weighted by molar-refractivity contribution is 7.13. The van der Waals surface area contributed by atoms with Gasteiger partial charge in [0, 0.05) is 11.4 Å². The molecule has 2 rings (SSSR count).